The van der Waals surface area contributed by atoms with Crippen LogP contribution in [-0.2, 0) is 28.8 Å². The van der Waals surface area contributed by atoms with E-state index >= 15 is 0 Å². The van der Waals surface area contributed by atoms with Crippen LogP contribution in [0.15, 0.2) is 0 Å². The maximum Gasteiger partial charge on any atom is 0.326 e. The van der Waals surface area contributed by atoms with E-state index in [0.717, 1.165) is 0 Å². The summed E-state index contributed by atoms with van der Waals surface area (Å²) in [5.41, 5.74) is 5.62. The highest BCUT2D eigenvalue weighted by Gasteiger charge is 2.38. The van der Waals surface area contributed by atoms with Crippen molar-refractivity contribution in [2.24, 2.45) is 5.73 Å². The number of carbonyl (C=O) groups excluding carboxylic acids is 4. The van der Waals surface area contributed by atoms with E-state index in [1.165, 1.54) is 16.7 Å². The van der Waals surface area contributed by atoms with E-state index in [4.69, 9.17) is 15.9 Å². The van der Waals surface area contributed by atoms with Gasteiger partial charge >= 0.3 is 11.9 Å². The summed E-state index contributed by atoms with van der Waals surface area (Å²) in [7, 11) is 0. The van der Waals surface area contributed by atoms with Gasteiger partial charge in [0.25, 0.3) is 0 Å². The van der Waals surface area contributed by atoms with E-state index in [1.807, 2.05) is 0 Å². The Morgan fingerprint density at radius 1 is 1.00 bits per heavy atom. The number of likely N-dealkylation sites (tertiary alicyclic amines) is 2. The van der Waals surface area contributed by atoms with Gasteiger partial charge in [-0.1, -0.05) is 0 Å². The van der Waals surface area contributed by atoms with Crippen molar-refractivity contribution < 1.29 is 39.0 Å². The highest BCUT2D eigenvalue weighted by atomic mass is 16.4. The smallest absolute Gasteiger partial charge is 0.326 e. The summed E-state index contributed by atoms with van der Waals surface area (Å²) in [5, 5.41) is 22.8. The van der Waals surface area contributed by atoms with Crippen LogP contribution < -0.4 is 16.4 Å². The Labute approximate surface area is 184 Å². The monoisotopic (exact) mass is 455 g/mol. The number of aliphatic carboxylic acids is 2. The topological polar surface area (TPSA) is 199 Å². The molecule has 0 radical (unpaired) electrons. The standard InChI is InChI=1S/C19H29N5O8/c1-10(16(28)21-9-14(25)23-6-3-5-13(23)19(31)32)22-17(29)12-4-2-7-24(12)18(30)11(20)8-15(26)27/h10-13H,2-9,20H2,1H3,(H,21,28)(H,22,29)(H,26,27)(H,31,32)/t10-,11-,12-,13-/m0/s1. The van der Waals surface area contributed by atoms with Gasteiger partial charge < -0.3 is 36.4 Å². The molecule has 2 aliphatic heterocycles. The number of carboxylic acid groups (broad SMARTS) is 2. The van der Waals surface area contributed by atoms with Crippen LogP contribution in [0.25, 0.3) is 0 Å². The normalized spacial score (nSPS) is 22.2. The summed E-state index contributed by atoms with van der Waals surface area (Å²) in [4.78, 5) is 73.9. The van der Waals surface area contributed by atoms with E-state index in [2.05, 4.69) is 10.6 Å². The number of hydrogen-bond acceptors (Lipinski definition) is 7. The first kappa shape index (κ1) is 25.0. The van der Waals surface area contributed by atoms with Crippen molar-refractivity contribution in [1.82, 2.24) is 20.4 Å². The second kappa shape index (κ2) is 10.9. The third kappa shape index (κ3) is 6.15. The van der Waals surface area contributed by atoms with Crippen LogP contribution in [0.1, 0.15) is 39.0 Å². The minimum atomic E-state index is -1.27. The summed E-state index contributed by atoms with van der Waals surface area (Å²) in [6, 6.07) is -4.07. The molecule has 2 heterocycles. The molecule has 0 spiro atoms. The summed E-state index contributed by atoms with van der Waals surface area (Å²) in [6.07, 6.45) is 1.23. The zero-order valence-corrected chi connectivity index (χ0v) is 17.8. The third-order valence-electron chi connectivity index (χ3n) is 5.57. The summed E-state index contributed by atoms with van der Waals surface area (Å²) in [5.74, 6) is -4.72. The Morgan fingerprint density at radius 3 is 2.19 bits per heavy atom. The average Bonchev–Trinajstić information content (AvgIpc) is 3.40. The molecule has 13 nitrogen and oxygen atoms in total. The fourth-order valence-corrected chi connectivity index (χ4v) is 3.91. The van der Waals surface area contributed by atoms with Crippen LogP contribution in [0.3, 0.4) is 0 Å². The minimum absolute atomic E-state index is 0.250. The number of nitrogens with zero attached hydrogens (tertiary/aromatic N) is 2. The number of amides is 4. The largest absolute Gasteiger partial charge is 0.481 e. The van der Waals surface area contributed by atoms with Crippen molar-refractivity contribution in [3.05, 3.63) is 0 Å². The molecule has 2 rings (SSSR count). The Kier molecular flexibility index (Phi) is 8.52. The first-order valence-corrected chi connectivity index (χ1v) is 10.4. The summed E-state index contributed by atoms with van der Waals surface area (Å²) < 4.78 is 0. The van der Waals surface area contributed by atoms with Crippen LogP contribution in [-0.4, -0.2) is 99.4 Å². The predicted molar refractivity (Wildman–Crippen MR) is 108 cm³/mol. The lowest BCUT2D eigenvalue weighted by atomic mass is 10.1. The number of rotatable bonds is 9. The van der Waals surface area contributed by atoms with E-state index in [9.17, 15) is 28.8 Å². The molecule has 6 N–H and O–H groups in total. The van der Waals surface area contributed by atoms with Gasteiger partial charge in [0.1, 0.15) is 18.1 Å². The maximum absolute atomic E-state index is 12.6. The Bertz CT molecular complexity index is 788. The van der Waals surface area contributed by atoms with E-state index in [0.29, 0.717) is 32.2 Å². The lowest BCUT2D eigenvalue weighted by molar-refractivity contribution is -0.148. The van der Waals surface area contributed by atoms with Crippen LogP contribution in [0.4, 0.5) is 0 Å². The molecule has 0 saturated carbocycles. The summed E-state index contributed by atoms with van der Waals surface area (Å²) in [6.45, 7) is 1.55. The first-order chi connectivity index (χ1) is 15.0. The van der Waals surface area contributed by atoms with Crippen molar-refractivity contribution in [3.63, 3.8) is 0 Å². The van der Waals surface area contributed by atoms with Gasteiger partial charge in [0.05, 0.1) is 19.0 Å². The van der Waals surface area contributed by atoms with Gasteiger partial charge in [-0.15, -0.1) is 0 Å². The molecule has 2 fully saturated rings. The molecule has 13 heteroatoms. The van der Waals surface area contributed by atoms with Crippen LogP contribution in [0.5, 0.6) is 0 Å². The van der Waals surface area contributed by atoms with Crippen molar-refractivity contribution in [1.29, 1.82) is 0 Å². The molecular weight excluding hydrogens is 426 g/mol. The quantitative estimate of drug-likeness (QED) is 0.249. The Hall–Kier alpha value is -3.22. The molecule has 0 aromatic carbocycles. The fraction of sp³-hybridized carbons (Fsp3) is 0.684. The van der Waals surface area contributed by atoms with Gasteiger partial charge in [-0.3, -0.25) is 24.0 Å². The molecule has 4 amide bonds. The van der Waals surface area contributed by atoms with Gasteiger partial charge in [-0.2, -0.15) is 0 Å². The zero-order chi connectivity index (χ0) is 24.0. The molecule has 32 heavy (non-hydrogen) atoms. The number of hydrogen-bond donors (Lipinski definition) is 5. The van der Waals surface area contributed by atoms with Gasteiger partial charge in [-0.25, -0.2) is 4.79 Å². The van der Waals surface area contributed by atoms with Crippen LogP contribution in [0.2, 0.25) is 0 Å². The number of nitrogens with two attached hydrogens (primary N) is 1. The van der Waals surface area contributed by atoms with E-state index in [-0.39, 0.29) is 6.54 Å². The Balaban J connectivity index is 1.86. The highest BCUT2D eigenvalue weighted by molar-refractivity contribution is 5.95. The Morgan fingerprint density at radius 2 is 1.59 bits per heavy atom. The van der Waals surface area contributed by atoms with E-state index < -0.39 is 72.7 Å². The van der Waals surface area contributed by atoms with Gasteiger partial charge in [0.15, 0.2) is 0 Å². The molecule has 0 unspecified atom stereocenters. The first-order valence-electron chi connectivity index (χ1n) is 10.4. The SMILES string of the molecule is C[C@H](NC(=O)[C@@H]1CCCN1C(=O)[C@@H](N)CC(=O)O)C(=O)NCC(=O)N1CCC[C@H]1C(=O)O. The molecule has 0 aromatic heterocycles. The van der Waals surface area contributed by atoms with Crippen molar-refractivity contribution in [3.8, 4) is 0 Å². The molecule has 0 aliphatic carbocycles. The van der Waals surface area contributed by atoms with Crippen molar-refractivity contribution in [2.75, 3.05) is 19.6 Å². The number of nitrogens with one attached hydrogen (secondary N) is 2. The maximum atomic E-state index is 12.6. The van der Waals surface area contributed by atoms with Crippen LogP contribution >= 0.6 is 0 Å². The van der Waals surface area contributed by atoms with Crippen LogP contribution in [0, 0.1) is 0 Å². The molecule has 0 bridgehead atoms. The van der Waals surface area contributed by atoms with Gasteiger partial charge in [0.2, 0.25) is 23.6 Å². The predicted octanol–water partition coefficient (Wildman–Crippen LogP) is -2.52. The molecule has 2 saturated heterocycles. The molecule has 2 aliphatic rings. The zero-order valence-electron chi connectivity index (χ0n) is 17.8. The van der Waals surface area contributed by atoms with Crippen molar-refractivity contribution >= 4 is 35.6 Å². The van der Waals surface area contributed by atoms with Gasteiger partial charge in [-0.05, 0) is 32.6 Å². The minimum Gasteiger partial charge on any atom is -0.481 e. The molecule has 0 aromatic rings. The van der Waals surface area contributed by atoms with Crippen molar-refractivity contribution in [2.45, 2.75) is 63.2 Å². The average molecular weight is 455 g/mol. The number of carbonyl (C=O) groups is 6. The highest BCUT2D eigenvalue weighted by Crippen LogP contribution is 2.19. The molecule has 4 atom stereocenters. The summed E-state index contributed by atoms with van der Waals surface area (Å²) >= 11 is 0. The molecular formula is C19H29N5O8. The lowest BCUT2D eigenvalue weighted by Gasteiger charge is -2.27. The van der Waals surface area contributed by atoms with E-state index in [1.54, 1.807) is 0 Å². The fourth-order valence-electron chi connectivity index (χ4n) is 3.91. The number of carboxylic acids is 2. The third-order valence-corrected chi connectivity index (χ3v) is 5.57. The second-order valence-corrected chi connectivity index (χ2v) is 7.93. The van der Waals surface area contributed by atoms with Gasteiger partial charge in [0, 0.05) is 13.1 Å². The second-order valence-electron chi connectivity index (χ2n) is 7.93. The lowest BCUT2D eigenvalue weighted by Crippen LogP contribution is -2.55. The molecule has 178 valence electrons.